The molecule has 0 radical (unpaired) electrons. The summed E-state index contributed by atoms with van der Waals surface area (Å²) in [5.41, 5.74) is 2.55. The van der Waals surface area contributed by atoms with E-state index in [9.17, 15) is 4.79 Å². The van der Waals surface area contributed by atoms with Crippen LogP contribution in [0.15, 0.2) is 24.3 Å². The molecule has 1 rings (SSSR count). The minimum absolute atomic E-state index is 0.254. The third kappa shape index (κ3) is 4.63. The Hall–Kier alpha value is -1.31. The molecule has 82 valence electrons. The van der Waals surface area contributed by atoms with Crippen molar-refractivity contribution < 1.29 is 9.90 Å². The van der Waals surface area contributed by atoms with E-state index in [0.29, 0.717) is 0 Å². The molecule has 2 heteroatoms. The van der Waals surface area contributed by atoms with Gasteiger partial charge in [-0.2, -0.15) is 0 Å². The van der Waals surface area contributed by atoms with Crippen LogP contribution in [-0.4, -0.2) is 11.1 Å². The van der Waals surface area contributed by atoms with Crippen LogP contribution < -0.4 is 0 Å². The molecule has 2 nitrogen and oxygen atoms in total. The highest BCUT2D eigenvalue weighted by atomic mass is 16.4. The van der Waals surface area contributed by atoms with E-state index in [0.717, 1.165) is 12.8 Å². The van der Waals surface area contributed by atoms with E-state index in [-0.39, 0.29) is 12.3 Å². The summed E-state index contributed by atoms with van der Waals surface area (Å²) in [4.78, 5) is 10.5. The summed E-state index contributed by atoms with van der Waals surface area (Å²) < 4.78 is 0. The van der Waals surface area contributed by atoms with Crippen LogP contribution in [0.1, 0.15) is 30.9 Å². The highest BCUT2D eigenvalue weighted by Gasteiger charge is 2.07. The summed E-state index contributed by atoms with van der Waals surface area (Å²) in [5, 5.41) is 8.62. The Morgan fingerprint density at radius 2 is 1.93 bits per heavy atom. The first-order valence-electron chi connectivity index (χ1n) is 5.35. The molecule has 1 atom stereocenters. The fourth-order valence-corrected chi connectivity index (χ4v) is 1.57. The molecule has 0 aliphatic heterocycles. The summed E-state index contributed by atoms with van der Waals surface area (Å²) in [7, 11) is 0. The number of carboxylic acid groups (broad SMARTS) is 1. The minimum atomic E-state index is -0.702. The van der Waals surface area contributed by atoms with Gasteiger partial charge in [-0.15, -0.1) is 0 Å². The standard InChI is InChI=1S/C13H18O2/c1-10-3-6-12(7-4-10)8-5-11(2)9-13(14)15/h3-4,6-7,11H,5,8-9H2,1-2H3,(H,14,15). The lowest BCUT2D eigenvalue weighted by Crippen LogP contribution is -2.05. The maximum absolute atomic E-state index is 10.5. The molecule has 15 heavy (non-hydrogen) atoms. The summed E-state index contributed by atoms with van der Waals surface area (Å²) in [5.74, 6) is -0.449. The Morgan fingerprint density at radius 3 is 2.47 bits per heavy atom. The van der Waals surface area contributed by atoms with Crippen LogP contribution in [0.25, 0.3) is 0 Å². The number of benzene rings is 1. The predicted molar refractivity (Wildman–Crippen MR) is 60.9 cm³/mol. The van der Waals surface area contributed by atoms with Crippen LogP contribution in [0.3, 0.4) is 0 Å². The van der Waals surface area contributed by atoms with Crippen molar-refractivity contribution in [3.8, 4) is 0 Å². The zero-order valence-corrected chi connectivity index (χ0v) is 9.36. The molecule has 0 aliphatic rings. The van der Waals surface area contributed by atoms with E-state index in [1.807, 2.05) is 6.92 Å². The van der Waals surface area contributed by atoms with Crippen LogP contribution in [-0.2, 0) is 11.2 Å². The van der Waals surface area contributed by atoms with Gasteiger partial charge in [-0.05, 0) is 31.2 Å². The average molecular weight is 206 g/mol. The lowest BCUT2D eigenvalue weighted by Gasteiger charge is -2.08. The normalized spacial score (nSPS) is 12.4. The minimum Gasteiger partial charge on any atom is -0.481 e. The Labute approximate surface area is 90.9 Å². The lowest BCUT2D eigenvalue weighted by molar-refractivity contribution is -0.138. The van der Waals surface area contributed by atoms with Gasteiger partial charge in [0.05, 0.1) is 0 Å². The molecular formula is C13H18O2. The quantitative estimate of drug-likeness (QED) is 0.804. The van der Waals surface area contributed by atoms with E-state index in [2.05, 4.69) is 31.2 Å². The average Bonchev–Trinajstić information content (AvgIpc) is 2.16. The molecule has 1 aromatic carbocycles. The molecule has 1 aromatic rings. The van der Waals surface area contributed by atoms with Gasteiger partial charge >= 0.3 is 5.97 Å². The highest BCUT2D eigenvalue weighted by Crippen LogP contribution is 2.13. The molecule has 0 spiro atoms. The maximum atomic E-state index is 10.5. The van der Waals surface area contributed by atoms with Crippen LogP contribution in [0.4, 0.5) is 0 Å². The predicted octanol–water partition coefficient (Wildman–Crippen LogP) is 3.04. The van der Waals surface area contributed by atoms with Gasteiger partial charge in [0.25, 0.3) is 0 Å². The van der Waals surface area contributed by atoms with Gasteiger partial charge in [0.2, 0.25) is 0 Å². The van der Waals surface area contributed by atoms with Crippen LogP contribution in [0.2, 0.25) is 0 Å². The van der Waals surface area contributed by atoms with E-state index < -0.39 is 5.97 Å². The van der Waals surface area contributed by atoms with Crippen molar-refractivity contribution in [2.45, 2.75) is 33.1 Å². The fraction of sp³-hybridized carbons (Fsp3) is 0.462. The van der Waals surface area contributed by atoms with Crippen molar-refractivity contribution >= 4 is 5.97 Å². The zero-order valence-electron chi connectivity index (χ0n) is 9.36. The molecule has 0 saturated carbocycles. The molecule has 1 unspecified atom stereocenters. The van der Waals surface area contributed by atoms with Gasteiger partial charge in [0, 0.05) is 6.42 Å². The summed E-state index contributed by atoms with van der Waals surface area (Å²) in [6.07, 6.45) is 2.18. The van der Waals surface area contributed by atoms with Crippen molar-refractivity contribution in [3.05, 3.63) is 35.4 Å². The van der Waals surface area contributed by atoms with Crippen molar-refractivity contribution in [2.75, 3.05) is 0 Å². The molecule has 0 aliphatic carbocycles. The second-order valence-electron chi connectivity index (χ2n) is 4.23. The van der Waals surface area contributed by atoms with Gasteiger partial charge in [-0.25, -0.2) is 0 Å². The Balaban J connectivity index is 2.36. The summed E-state index contributed by atoms with van der Waals surface area (Å²) in [6.45, 7) is 4.05. The number of carboxylic acids is 1. The molecule has 0 fully saturated rings. The molecule has 0 heterocycles. The zero-order chi connectivity index (χ0) is 11.3. The first-order valence-corrected chi connectivity index (χ1v) is 5.35. The topological polar surface area (TPSA) is 37.3 Å². The SMILES string of the molecule is Cc1ccc(CCC(C)CC(=O)O)cc1. The number of aryl methyl sites for hydroxylation is 2. The van der Waals surface area contributed by atoms with E-state index in [4.69, 9.17) is 5.11 Å². The third-order valence-electron chi connectivity index (χ3n) is 2.57. The third-order valence-corrected chi connectivity index (χ3v) is 2.57. The number of hydrogen-bond donors (Lipinski definition) is 1. The van der Waals surface area contributed by atoms with E-state index in [1.165, 1.54) is 11.1 Å². The second-order valence-corrected chi connectivity index (χ2v) is 4.23. The number of rotatable bonds is 5. The fourth-order valence-electron chi connectivity index (χ4n) is 1.57. The van der Waals surface area contributed by atoms with Crippen LogP contribution >= 0.6 is 0 Å². The Kier molecular flexibility index (Phi) is 4.35. The maximum Gasteiger partial charge on any atom is 0.303 e. The van der Waals surface area contributed by atoms with Gasteiger partial charge < -0.3 is 5.11 Å². The van der Waals surface area contributed by atoms with Gasteiger partial charge in [-0.1, -0.05) is 36.8 Å². The van der Waals surface area contributed by atoms with Crippen molar-refractivity contribution in [1.82, 2.24) is 0 Å². The number of aliphatic carboxylic acids is 1. The molecule has 0 amide bonds. The molecular weight excluding hydrogens is 188 g/mol. The van der Waals surface area contributed by atoms with Gasteiger partial charge in [0.1, 0.15) is 0 Å². The van der Waals surface area contributed by atoms with Crippen LogP contribution in [0.5, 0.6) is 0 Å². The lowest BCUT2D eigenvalue weighted by atomic mass is 9.98. The van der Waals surface area contributed by atoms with Gasteiger partial charge in [0.15, 0.2) is 0 Å². The van der Waals surface area contributed by atoms with Crippen molar-refractivity contribution in [3.63, 3.8) is 0 Å². The largest absolute Gasteiger partial charge is 0.481 e. The van der Waals surface area contributed by atoms with Gasteiger partial charge in [-0.3, -0.25) is 4.79 Å². The molecule has 1 N–H and O–H groups in total. The molecule has 0 saturated heterocycles. The second kappa shape index (κ2) is 5.54. The van der Waals surface area contributed by atoms with E-state index in [1.54, 1.807) is 0 Å². The summed E-state index contributed by atoms with van der Waals surface area (Å²) >= 11 is 0. The van der Waals surface area contributed by atoms with Crippen LogP contribution in [0, 0.1) is 12.8 Å². The first kappa shape index (κ1) is 11.8. The Bertz CT molecular complexity index is 314. The first-order chi connectivity index (χ1) is 7.08. The number of hydrogen-bond acceptors (Lipinski definition) is 1. The number of carbonyl (C=O) groups is 1. The van der Waals surface area contributed by atoms with Crippen molar-refractivity contribution in [1.29, 1.82) is 0 Å². The van der Waals surface area contributed by atoms with E-state index >= 15 is 0 Å². The molecule has 0 aromatic heterocycles. The summed E-state index contributed by atoms with van der Waals surface area (Å²) in [6, 6.07) is 8.42. The van der Waals surface area contributed by atoms with Crippen molar-refractivity contribution in [2.24, 2.45) is 5.92 Å². The smallest absolute Gasteiger partial charge is 0.303 e. The Morgan fingerprint density at radius 1 is 1.33 bits per heavy atom. The highest BCUT2D eigenvalue weighted by molar-refractivity contribution is 5.66. The monoisotopic (exact) mass is 206 g/mol. The molecule has 0 bridgehead atoms.